The fourth-order valence-corrected chi connectivity index (χ4v) is 1.90. The Hall–Kier alpha value is -1.40. The van der Waals surface area contributed by atoms with Crippen LogP contribution in [0.15, 0.2) is 24.4 Å². The van der Waals surface area contributed by atoms with Crippen LogP contribution in [-0.4, -0.2) is 32.9 Å². The summed E-state index contributed by atoms with van der Waals surface area (Å²) in [7, 11) is -0.505. The van der Waals surface area contributed by atoms with Crippen LogP contribution in [0.5, 0.6) is 0 Å². The van der Waals surface area contributed by atoms with Crippen LogP contribution in [0.25, 0.3) is 5.65 Å². The third-order valence-corrected chi connectivity index (χ3v) is 3.72. The lowest BCUT2D eigenvalue weighted by molar-refractivity contribution is 0.00578. The second kappa shape index (κ2) is 3.55. The van der Waals surface area contributed by atoms with E-state index in [1.165, 1.54) is 0 Å². The summed E-state index contributed by atoms with van der Waals surface area (Å²) >= 11 is 0. The molecule has 1 fully saturated rings. The highest BCUT2D eigenvalue weighted by Gasteiger charge is 2.53. The first-order valence-electron chi connectivity index (χ1n) is 6.06. The van der Waals surface area contributed by atoms with Gasteiger partial charge in [-0.1, -0.05) is 6.07 Å². The summed E-state index contributed by atoms with van der Waals surface area (Å²) < 4.78 is 13.6. The van der Waals surface area contributed by atoms with Crippen molar-refractivity contribution < 1.29 is 9.31 Å². The molecule has 0 aliphatic carbocycles. The molecule has 0 unspecified atom stereocenters. The number of hydrogen-bond acceptors (Lipinski definition) is 4. The zero-order valence-electron chi connectivity index (χ0n) is 11.0. The fourth-order valence-electron chi connectivity index (χ4n) is 1.90. The molecule has 1 aliphatic rings. The van der Waals surface area contributed by atoms with Crippen LogP contribution in [0.3, 0.4) is 0 Å². The third-order valence-electron chi connectivity index (χ3n) is 3.72. The van der Waals surface area contributed by atoms with E-state index >= 15 is 0 Å². The van der Waals surface area contributed by atoms with Crippen molar-refractivity contribution in [2.45, 2.75) is 38.9 Å². The topological polar surface area (TPSA) is 48.7 Å². The maximum absolute atomic E-state index is 5.92. The van der Waals surface area contributed by atoms with Gasteiger partial charge in [-0.05, 0) is 39.8 Å². The second-order valence-corrected chi connectivity index (χ2v) is 5.56. The molecule has 0 aromatic carbocycles. The highest BCUT2D eigenvalue weighted by molar-refractivity contribution is 6.60. The van der Waals surface area contributed by atoms with Crippen LogP contribution < -0.4 is 5.72 Å². The van der Waals surface area contributed by atoms with Gasteiger partial charge >= 0.3 is 7.12 Å². The van der Waals surface area contributed by atoms with E-state index in [0.717, 1.165) is 5.65 Å². The molecule has 94 valence electrons. The van der Waals surface area contributed by atoms with Gasteiger partial charge < -0.3 is 9.31 Å². The Labute approximate surface area is 106 Å². The quantitative estimate of drug-likeness (QED) is 0.704. The van der Waals surface area contributed by atoms with Crippen molar-refractivity contribution in [3.63, 3.8) is 0 Å². The van der Waals surface area contributed by atoms with E-state index in [0.29, 0.717) is 5.72 Å². The molecule has 0 saturated carbocycles. The van der Waals surface area contributed by atoms with Crippen molar-refractivity contribution in [3.8, 4) is 0 Å². The summed E-state index contributed by atoms with van der Waals surface area (Å²) in [4.78, 5) is 4.43. The van der Waals surface area contributed by atoms with E-state index in [1.54, 1.807) is 4.52 Å². The molecule has 0 amide bonds. The van der Waals surface area contributed by atoms with E-state index in [4.69, 9.17) is 9.31 Å². The minimum atomic E-state index is -0.505. The Bertz CT molecular complexity index is 545. The summed E-state index contributed by atoms with van der Waals surface area (Å²) in [5.74, 6) is 0. The van der Waals surface area contributed by atoms with Gasteiger partial charge in [-0.25, -0.2) is 9.50 Å². The molecule has 3 heterocycles. The van der Waals surface area contributed by atoms with E-state index < -0.39 is 7.12 Å². The zero-order valence-corrected chi connectivity index (χ0v) is 11.0. The molecule has 3 rings (SSSR count). The average Bonchev–Trinajstić information content (AvgIpc) is 2.78. The van der Waals surface area contributed by atoms with Gasteiger partial charge in [0.1, 0.15) is 0 Å². The smallest absolute Gasteiger partial charge is 0.397 e. The van der Waals surface area contributed by atoms with E-state index in [2.05, 4.69) is 10.1 Å². The molecule has 0 spiro atoms. The van der Waals surface area contributed by atoms with Crippen molar-refractivity contribution in [2.24, 2.45) is 0 Å². The monoisotopic (exact) mass is 245 g/mol. The lowest BCUT2D eigenvalue weighted by Gasteiger charge is -2.32. The van der Waals surface area contributed by atoms with Crippen LogP contribution in [0.4, 0.5) is 0 Å². The Kier molecular flexibility index (Phi) is 2.31. The molecule has 1 aliphatic heterocycles. The highest BCUT2D eigenvalue weighted by atomic mass is 16.7. The summed E-state index contributed by atoms with van der Waals surface area (Å²) in [6, 6.07) is 5.75. The van der Waals surface area contributed by atoms with Gasteiger partial charge in [0.2, 0.25) is 0 Å². The number of fused-ring (bicyclic) bond motifs is 1. The predicted octanol–water partition coefficient (Wildman–Crippen LogP) is 1.03. The number of aromatic nitrogens is 3. The van der Waals surface area contributed by atoms with E-state index in [1.807, 2.05) is 52.1 Å². The summed E-state index contributed by atoms with van der Waals surface area (Å²) in [5.41, 5.74) is 0.631. The van der Waals surface area contributed by atoms with E-state index in [9.17, 15) is 0 Å². The number of hydrogen-bond donors (Lipinski definition) is 0. The second-order valence-electron chi connectivity index (χ2n) is 5.56. The molecular weight excluding hydrogens is 229 g/mol. The van der Waals surface area contributed by atoms with Crippen LogP contribution in [-0.2, 0) is 9.31 Å². The van der Waals surface area contributed by atoms with Crippen LogP contribution in [0, 0.1) is 0 Å². The largest absolute Gasteiger partial charge is 0.536 e. The van der Waals surface area contributed by atoms with Gasteiger partial charge in [-0.3, -0.25) is 0 Å². The first kappa shape index (κ1) is 11.7. The normalized spacial score (nSPS) is 21.7. The molecule has 0 bridgehead atoms. The molecule has 0 atom stereocenters. The Morgan fingerprint density at radius 1 is 1.11 bits per heavy atom. The van der Waals surface area contributed by atoms with Crippen molar-refractivity contribution in [1.82, 2.24) is 14.6 Å². The molecule has 2 aromatic heterocycles. The first-order valence-corrected chi connectivity index (χ1v) is 6.06. The Morgan fingerprint density at radius 3 is 2.39 bits per heavy atom. The van der Waals surface area contributed by atoms with Crippen molar-refractivity contribution in [3.05, 3.63) is 24.4 Å². The van der Waals surface area contributed by atoms with Crippen molar-refractivity contribution in [1.29, 1.82) is 0 Å². The molecular formula is C12H16BN3O2. The Morgan fingerprint density at radius 2 is 1.78 bits per heavy atom. The van der Waals surface area contributed by atoms with Crippen LogP contribution in [0.2, 0.25) is 0 Å². The maximum atomic E-state index is 5.92. The van der Waals surface area contributed by atoms with Crippen molar-refractivity contribution in [2.75, 3.05) is 0 Å². The summed E-state index contributed by atoms with van der Waals surface area (Å²) in [6.07, 6.45) is 1.86. The molecule has 18 heavy (non-hydrogen) atoms. The average molecular weight is 245 g/mol. The van der Waals surface area contributed by atoms with Gasteiger partial charge in [0.05, 0.1) is 11.2 Å². The standard InChI is InChI=1S/C12H16BN3O2/c1-11(2)12(3,4)18-13(17-11)10-14-9-7-5-6-8-16(9)15-10/h5-8H,1-4H3. The minimum absolute atomic E-state index is 0.366. The van der Waals surface area contributed by atoms with E-state index in [-0.39, 0.29) is 11.2 Å². The maximum Gasteiger partial charge on any atom is 0.536 e. The van der Waals surface area contributed by atoms with Crippen LogP contribution >= 0.6 is 0 Å². The molecule has 0 N–H and O–H groups in total. The van der Waals surface area contributed by atoms with Gasteiger partial charge in [-0.15, -0.1) is 0 Å². The molecule has 0 radical (unpaired) electrons. The number of rotatable bonds is 1. The molecule has 5 nitrogen and oxygen atoms in total. The SMILES string of the molecule is CC1(C)OB(c2nc3ccccn3n2)OC1(C)C. The molecule has 6 heteroatoms. The third kappa shape index (κ3) is 1.64. The minimum Gasteiger partial charge on any atom is -0.397 e. The number of pyridine rings is 1. The van der Waals surface area contributed by atoms with Crippen LogP contribution in [0.1, 0.15) is 27.7 Å². The van der Waals surface area contributed by atoms with Crippen molar-refractivity contribution >= 4 is 18.5 Å². The predicted molar refractivity (Wildman–Crippen MR) is 68.7 cm³/mol. The summed E-state index contributed by atoms with van der Waals surface area (Å²) in [5, 5.41) is 4.38. The Balaban J connectivity index is 1.97. The fraction of sp³-hybridized carbons (Fsp3) is 0.500. The van der Waals surface area contributed by atoms with Gasteiger partial charge in [-0.2, -0.15) is 5.10 Å². The lowest BCUT2D eigenvalue weighted by Crippen LogP contribution is -2.41. The highest BCUT2D eigenvalue weighted by Crippen LogP contribution is 2.36. The first-order chi connectivity index (χ1) is 8.39. The molecule has 2 aromatic rings. The zero-order chi connectivity index (χ0) is 13.0. The van der Waals surface area contributed by atoms with Gasteiger partial charge in [0.25, 0.3) is 0 Å². The molecule has 1 saturated heterocycles. The van der Waals surface area contributed by atoms with Gasteiger partial charge in [0.15, 0.2) is 11.4 Å². The lowest BCUT2D eigenvalue weighted by atomic mass is 9.89. The number of nitrogens with zero attached hydrogens (tertiary/aromatic N) is 3. The van der Waals surface area contributed by atoms with Gasteiger partial charge in [0, 0.05) is 6.20 Å². The summed E-state index contributed by atoms with van der Waals surface area (Å²) in [6.45, 7) is 8.07.